The van der Waals surface area contributed by atoms with E-state index < -0.39 is 41.2 Å². The second-order valence-corrected chi connectivity index (χ2v) is 7.02. The van der Waals surface area contributed by atoms with Gasteiger partial charge >= 0.3 is 12.4 Å². The number of anilines is 1. The van der Waals surface area contributed by atoms with Crippen LogP contribution in [0.4, 0.5) is 36.7 Å². The van der Waals surface area contributed by atoms with E-state index in [-0.39, 0.29) is 28.2 Å². The molecule has 1 amide bonds. The van der Waals surface area contributed by atoms with Crippen LogP contribution in [0.3, 0.4) is 0 Å². The van der Waals surface area contributed by atoms with Crippen LogP contribution in [0, 0.1) is 5.82 Å². The van der Waals surface area contributed by atoms with E-state index in [1.165, 1.54) is 24.5 Å². The molecule has 0 unspecified atom stereocenters. The van der Waals surface area contributed by atoms with Crippen LogP contribution in [0.2, 0.25) is 0 Å². The van der Waals surface area contributed by atoms with Crippen molar-refractivity contribution in [2.45, 2.75) is 25.3 Å². The number of rotatable bonds is 4. The number of alkyl halides is 6. The molecule has 0 saturated heterocycles. The first-order valence-electron chi connectivity index (χ1n) is 9.24. The Morgan fingerprint density at radius 3 is 2.09 bits per heavy atom. The van der Waals surface area contributed by atoms with Crippen molar-refractivity contribution in [3.05, 3.63) is 65.7 Å². The normalized spacial score (nSPS) is 13.0. The molecule has 3 N–H and O–H groups in total. The fraction of sp³-hybridized carbons (Fsp3) is 0.190. The van der Waals surface area contributed by atoms with Crippen molar-refractivity contribution < 1.29 is 35.5 Å². The molecule has 0 aliphatic heterocycles. The second kappa shape index (κ2) is 8.68. The van der Waals surface area contributed by atoms with Crippen molar-refractivity contribution in [3.8, 4) is 22.3 Å². The third-order valence-corrected chi connectivity index (χ3v) is 4.69. The number of carbonyl (C=O) groups excluding carboxylic acids is 1. The largest absolute Gasteiger partial charge is 0.416 e. The predicted octanol–water partition coefficient (Wildman–Crippen LogP) is 5.23. The summed E-state index contributed by atoms with van der Waals surface area (Å²) in [6.07, 6.45) is -7.15. The maximum Gasteiger partial charge on any atom is 0.416 e. The molecule has 174 valence electrons. The molecule has 0 aliphatic carbocycles. The Bertz CT molecular complexity index is 1170. The van der Waals surface area contributed by atoms with Crippen molar-refractivity contribution in [2.24, 2.45) is 0 Å². The molecule has 1 aromatic heterocycles. The molecule has 0 radical (unpaired) electrons. The summed E-state index contributed by atoms with van der Waals surface area (Å²) < 4.78 is 92.8. The number of benzene rings is 2. The number of nitrogens with zero attached hydrogens (tertiary/aromatic N) is 2. The van der Waals surface area contributed by atoms with Crippen molar-refractivity contribution in [1.29, 1.82) is 0 Å². The van der Waals surface area contributed by atoms with Gasteiger partial charge in [0.05, 0.1) is 5.56 Å². The van der Waals surface area contributed by atoms with Gasteiger partial charge in [-0.15, -0.1) is 0 Å². The van der Waals surface area contributed by atoms with Gasteiger partial charge in [-0.05, 0) is 36.2 Å². The van der Waals surface area contributed by atoms with E-state index in [9.17, 15) is 35.5 Å². The number of nitrogens with one attached hydrogen (secondary N) is 1. The average molecular weight is 472 g/mol. The Hall–Kier alpha value is -3.70. The standard InChI is InChI=1S/C21H15F7N4O/c1-10(20(23,24)25)32-18(33)16-7-13(21(26,27)28)3-5-14(16)11-2-4-15(17(22)6-11)12-8-30-19(29)31-9-12/h2-10H,1H3,(H,32,33)(H2,29,30,31)/t10-/m1/s1. The highest BCUT2D eigenvalue weighted by Crippen LogP contribution is 2.35. The molecule has 0 aliphatic rings. The van der Waals surface area contributed by atoms with Gasteiger partial charge in [0.2, 0.25) is 5.95 Å². The molecular formula is C21H15F7N4O. The lowest BCUT2D eigenvalue weighted by Crippen LogP contribution is -2.43. The highest BCUT2D eigenvalue weighted by molar-refractivity contribution is 6.01. The van der Waals surface area contributed by atoms with Gasteiger partial charge in [-0.1, -0.05) is 18.2 Å². The lowest BCUT2D eigenvalue weighted by molar-refractivity contribution is -0.149. The van der Waals surface area contributed by atoms with E-state index in [1.54, 1.807) is 5.32 Å². The molecule has 0 fully saturated rings. The molecular weight excluding hydrogens is 457 g/mol. The summed E-state index contributed by atoms with van der Waals surface area (Å²) in [5.74, 6) is -2.25. The number of halogens is 7. The van der Waals surface area contributed by atoms with E-state index in [2.05, 4.69) is 9.97 Å². The second-order valence-electron chi connectivity index (χ2n) is 7.02. The lowest BCUT2D eigenvalue weighted by atomic mass is 9.94. The predicted molar refractivity (Wildman–Crippen MR) is 105 cm³/mol. The molecule has 3 rings (SSSR count). The van der Waals surface area contributed by atoms with Crippen LogP contribution in [-0.4, -0.2) is 28.1 Å². The number of amides is 1. The fourth-order valence-corrected chi connectivity index (χ4v) is 2.91. The van der Waals surface area contributed by atoms with E-state index in [1.807, 2.05) is 0 Å². The quantitative estimate of drug-likeness (QED) is 0.510. The number of hydrogen-bond acceptors (Lipinski definition) is 4. The van der Waals surface area contributed by atoms with Crippen LogP contribution in [0.25, 0.3) is 22.3 Å². The zero-order chi connectivity index (χ0) is 24.6. The third kappa shape index (κ3) is 5.38. The van der Waals surface area contributed by atoms with Gasteiger partial charge in [0.25, 0.3) is 5.91 Å². The van der Waals surface area contributed by atoms with Crippen molar-refractivity contribution >= 4 is 11.9 Å². The Balaban J connectivity index is 2.07. The van der Waals surface area contributed by atoms with Gasteiger partial charge in [0.1, 0.15) is 11.9 Å². The van der Waals surface area contributed by atoms with Crippen LogP contribution in [0.1, 0.15) is 22.8 Å². The van der Waals surface area contributed by atoms with Gasteiger partial charge in [0.15, 0.2) is 0 Å². The van der Waals surface area contributed by atoms with Gasteiger partial charge < -0.3 is 11.1 Å². The van der Waals surface area contributed by atoms with E-state index in [4.69, 9.17) is 5.73 Å². The SMILES string of the molecule is C[C@@H](NC(=O)c1cc(C(F)(F)F)ccc1-c1ccc(-c2cnc(N)nc2)c(F)c1)C(F)(F)F. The Morgan fingerprint density at radius 1 is 0.939 bits per heavy atom. The molecule has 0 spiro atoms. The molecule has 0 saturated carbocycles. The Morgan fingerprint density at radius 2 is 1.55 bits per heavy atom. The highest BCUT2D eigenvalue weighted by atomic mass is 19.4. The first kappa shape index (κ1) is 24.0. The number of hydrogen-bond donors (Lipinski definition) is 2. The van der Waals surface area contributed by atoms with Gasteiger partial charge in [0, 0.05) is 29.1 Å². The summed E-state index contributed by atoms with van der Waals surface area (Å²) in [6.45, 7) is 0.647. The minimum atomic E-state index is -4.85. The molecule has 33 heavy (non-hydrogen) atoms. The van der Waals surface area contributed by atoms with Crippen LogP contribution in [-0.2, 0) is 6.18 Å². The van der Waals surface area contributed by atoms with Gasteiger partial charge in [-0.2, -0.15) is 26.3 Å². The maximum absolute atomic E-state index is 14.8. The van der Waals surface area contributed by atoms with Crippen LogP contribution < -0.4 is 11.1 Å². The zero-order valence-electron chi connectivity index (χ0n) is 16.7. The maximum atomic E-state index is 14.8. The number of nitrogens with two attached hydrogens (primary N) is 1. The van der Waals surface area contributed by atoms with Crippen LogP contribution in [0.5, 0.6) is 0 Å². The summed E-state index contributed by atoms with van der Waals surface area (Å²) in [7, 11) is 0. The molecule has 2 aromatic carbocycles. The minimum absolute atomic E-state index is 0.0221. The summed E-state index contributed by atoms with van der Waals surface area (Å²) in [4.78, 5) is 20.0. The minimum Gasteiger partial charge on any atom is -0.368 e. The van der Waals surface area contributed by atoms with Gasteiger partial charge in [-0.3, -0.25) is 4.79 Å². The number of carbonyl (C=O) groups is 1. The van der Waals surface area contributed by atoms with E-state index in [0.29, 0.717) is 19.1 Å². The molecule has 1 atom stereocenters. The van der Waals surface area contributed by atoms with E-state index >= 15 is 0 Å². The van der Waals surface area contributed by atoms with E-state index in [0.717, 1.165) is 12.1 Å². The molecule has 3 aromatic rings. The summed E-state index contributed by atoms with van der Waals surface area (Å²) in [5.41, 5.74) is 3.55. The Labute approximate surface area is 182 Å². The lowest BCUT2D eigenvalue weighted by Gasteiger charge is -2.19. The zero-order valence-corrected chi connectivity index (χ0v) is 16.7. The number of nitrogen functional groups attached to an aromatic ring is 1. The highest BCUT2D eigenvalue weighted by Gasteiger charge is 2.38. The molecule has 1 heterocycles. The first-order valence-corrected chi connectivity index (χ1v) is 9.24. The third-order valence-electron chi connectivity index (χ3n) is 4.69. The van der Waals surface area contributed by atoms with Crippen molar-refractivity contribution in [3.63, 3.8) is 0 Å². The molecule has 12 heteroatoms. The Kier molecular flexibility index (Phi) is 6.30. The first-order chi connectivity index (χ1) is 15.3. The average Bonchev–Trinajstić information content (AvgIpc) is 2.72. The van der Waals surface area contributed by atoms with Crippen molar-refractivity contribution in [2.75, 3.05) is 5.73 Å². The summed E-state index contributed by atoms with van der Waals surface area (Å²) in [6, 6.07) is 3.18. The summed E-state index contributed by atoms with van der Waals surface area (Å²) >= 11 is 0. The fourth-order valence-electron chi connectivity index (χ4n) is 2.91. The van der Waals surface area contributed by atoms with Gasteiger partial charge in [-0.25, -0.2) is 14.4 Å². The number of aromatic nitrogens is 2. The smallest absolute Gasteiger partial charge is 0.368 e. The van der Waals surface area contributed by atoms with Crippen LogP contribution >= 0.6 is 0 Å². The monoisotopic (exact) mass is 472 g/mol. The van der Waals surface area contributed by atoms with Crippen LogP contribution in [0.15, 0.2) is 48.8 Å². The molecule has 0 bridgehead atoms. The molecule has 5 nitrogen and oxygen atoms in total. The summed E-state index contributed by atoms with van der Waals surface area (Å²) in [5, 5.41) is 1.63. The van der Waals surface area contributed by atoms with Crippen molar-refractivity contribution in [1.82, 2.24) is 15.3 Å². The topological polar surface area (TPSA) is 80.9 Å².